The van der Waals surface area contributed by atoms with Crippen molar-refractivity contribution in [1.82, 2.24) is 0 Å². The second-order valence-electron chi connectivity index (χ2n) is 11.4. The maximum Gasteiger partial charge on any atom is 0.494 e. The van der Waals surface area contributed by atoms with Crippen LogP contribution in [-0.4, -0.2) is 18.3 Å². The van der Waals surface area contributed by atoms with E-state index in [0.29, 0.717) is 5.69 Å². The minimum absolute atomic E-state index is 0.302. The van der Waals surface area contributed by atoms with Gasteiger partial charge < -0.3 is 14.2 Å². The van der Waals surface area contributed by atoms with Crippen LogP contribution in [0.1, 0.15) is 27.7 Å². The molecule has 204 valence electrons. The topological polar surface area (TPSA) is 21.7 Å². The highest BCUT2D eigenvalue weighted by molar-refractivity contribution is 6.62. The Morgan fingerprint density at radius 3 is 1.61 bits per heavy atom. The number of hydrogen-bond acceptors (Lipinski definition) is 3. The fourth-order valence-electron chi connectivity index (χ4n) is 5.21. The summed E-state index contributed by atoms with van der Waals surface area (Å²) in [5, 5.41) is 0. The number of hydrogen-bond donors (Lipinski definition) is 0. The van der Waals surface area contributed by atoms with Gasteiger partial charge in [0.15, 0.2) is 0 Å². The van der Waals surface area contributed by atoms with E-state index in [1.165, 1.54) is 0 Å². The van der Waals surface area contributed by atoms with Crippen molar-refractivity contribution in [2.75, 3.05) is 4.90 Å². The number of nitrogens with zero attached hydrogens (tertiary/aromatic N) is 1. The molecule has 1 fully saturated rings. The van der Waals surface area contributed by atoms with Crippen LogP contribution < -0.4 is 10.4 Å². The number of rotatable bonds is 6. The first-order valence-corrected chi connectivity index (χ1v) is 14.0. The Morgan fingerprint density at radius 2 is 1.05 bits per heavy atom. The fraction of sp³-hybridized carbons (Fsp3) is 0.167. The van der Waals surface area contributed by atoms with Crippen LogP contribution in [0.2, 0.25) is 0 Å². The zero-order valence-electron chi connectivity index (χ0n) is 23.8. The first-order chi connectivity index (χ1) is 19.7. The minimum Gasteiger partial charge on any atom is -0.399 e. The van der Waals surface area contributed by atoms with Gasteiger partial charge in [0.25, 0.3) is 0 Å². The molecule has 0 saturated carbocycles. The van der Waals surface area contributed by atoms with Gasteiger partial charge in [0.05, 0.1) is 16.9 Å². The fourth-order valence-corrected chi connectivity index (χ4v) is 5.21. The first kappa shape index (κ1) is 27.0. The quantitative estimate of drug-likeness (QED) is 0.200. The maximum atomic E-state index is 16.5. The molecule has 0 aliphatic carbocycles. The average Bonchev–Trinajstić information content (AvgIpc) is 3.22. The van der Waals surface area contributed by atoms with Crippen LogP contribution in [0, 0.1) is 5.82 Å². The van der Waals surface area contributed by atoms with Gasteiger partial charge in [-0.05, 0) is 86.2 Å². The van der Waals surface area contributed by atoms with Gasteiger partial charge in [-0.25, -0.2) is 4.39 Å². The van der Waals surface area contributed by atoms with Crippen LogP contribution >= 0.6 is 0 Å². The van der Waals surface area contributed by atoms with E-state index in [4.69, 9.17) is 9.31 Å². The van der Waals surface area contributed by atoms with Gasteiger partial charge in [-0.2, -0.15) is 0 Å². The molecule has 0 radical (unpaired) electrons. The zero-order valence-corrected chi connectivity index (χ0v) is 23.8. The smallest absolute Gasteiger partial charge is 0.399 e. The van der Waals surface area contributed by atoms with Crippen molar-refractivity contribution in [1.29, 1.82) is 0 Å². The lowest BCUT2D eigenvalue weighted by Gasteiger charge is -2.32. The van der Waals surface area contributed by atoms with Crippen molar-refractivity contribution in [3.8, 4) is 22.3 Å². The van der Waals surface area contributed by atoms with E-state index in [1.807, 2.05) is 148 Å². The SMILES string of the molecule is CC1(C)OB(c2ccc(N(c3ccccc3)c3c(F)cc(-c4ccccc4)cc3-c3ccccc3)cc2)OC1(C)C. The molecule has 0 unspecified atom stereocenters. The Bertz CT molecular complexity index is 1620. The van der Waals surface area contributed by atoms with E-state index in [9.17, 15) is 0 Å². The summed E-state index contributed by atoms with van der Waals surface area (Å²) >= 11 is 0. The molecule has 1 heterocycles. The van der Waals surface area contributed by atoms with Crippen LogP contribution in [0.25, 0.3) is 22.3 Å². The third-order valence-corrected chi connectivity index (χ3v) is 8.17. The largest absolute Gasteiger partial charge is 0.494 e. The van der Waals surface area contributed by atoms with E-state index >= 15 is 4.39 Å². The molecule has 0 amide bonds. The van der Waals surface area contributed by atoms with Gasteiger partial charge in [-0.15, -0.1) is 0 Å². The molecule has 41 heavy (non-hydrogen) atoms. The summed E-state index contributed by atoms with van der Waals surface area (Å²) in [6, 6.07) is 41.6. The number of para-hydroxylation sites is 1. The molecule has 5 aromatic rings. The monoisotopic (exact) mass is 541 g/mol. The third kappa shape index (κ3) is 5.19. The molecule has 1 saturated heterocycles. The van der Waals surface area contributed by atoms with Gasteiger partial charge in [0, 0.05) is 16.9 Å². The zero-order chi connectivity index (χ0) is 28.6. The molecule has 5 heteroatoms. The summed E-state index contributed by atoms with van der Waals surface area (Å²) in [7, 11) is -0.471. The Balaban J connectivity index is 1.50. The van der Waals surface area contributed by atoms with E-state index in [1.54, 1.807) is 6.07 Å². The lowest BCUT2D eigenvalue weighted by Crippen LogP contribution is -2.41. The van der Waals surface area contributed by atoms with Crippen LogP contribution in [0.15, 0.2) is 127 Å². The number of anilines is 3. The standard InChI is InChI=1S/C36H33BFNO2/c1-35(2)36(3,4)41-37(40-35)29-20-22-31(23-21-29)39(30-18-12-7-13-19-30)34-32(27-16-10-6-11-17-27)24-28(25-33(34)38)26-14-8-5-9-15-26/h5-25H,1-4H3. The van der Waals surface area contributed by atoms with Crippen molar-refractivity contribution in [3.05, 3.63) is 133 Å². The Hall–Kier alpha value is -4.19. The summed E-state index contributed by atoms with van der Waals surface area (Å²) in [6.07, 6.45) is 0. The average molecular weight is 541 g/mol. The second-order valence-corrected chi connectivity index (χ2v) is 11.4. The van der Waals surface area contributed by atoms with Crippen LogP contribution in [0.4, 0.5) is 21.5 Å². The van der Waals surface area contributed by atoms with Crippen molar-refractivity contribution >= 4 is 29.6 Å². The molecule has 3 nitrogen and oxygen atoms in total. The van der Waals surface area contributed by atoms with Crippen molar-refractivity contribution < 1.29 is 13.7 Å². The van der Waals surface area contributed by atoms with E-state index in [2.05, 4.69) is 6.07 Å². The molecule has 1 aliphatic rings. The molecule has 0 bridgehead atoms. The normalized spacial score (nSPS) is 15.6. The highest BCUT2D eigenvalue weighted by Gasteiger charge is 2.51. The van der Waals surface area contributed by atoms with Gasteiger partial charge in [0.2, 0.25) is 0 Å². The van der Waals surface area contributed by atoms with E-state index in [-0.39, 0.29) is 5.82 Å². The summed E-state index contributed by atoms with van der Waals surface area (Å²) in [5.41, 5.74) is 5.79. The molecular formula is C36H33BFNO2. The molecule has 1 aliphatic heterocycles. The van der Waals surface area contributed by atoms with Crippen molar-refractivity contribution in [3.63, 3.8) is 0 Å². The van der Waals surface area contributed by atoms with Crippen LogP contribution in [0.5, 0.6) is 0 Å². The number of benzene rings is 5. The summed E-state index contributed by atoms with van der Waals surface area (Å²) in [4.78, 5) is 1.99. The van der Waals surface area contributed by atoms with Gasteiger partial charge in [-0.1, -0.05) is 91.0 Å². The molecular weight excluding hydrogens is 508 g/mol. The molecule has 0 atom stereocenters. The Morgan fingerprint density at radius 1 is 0.561 bits per heavy atom. The molecule has 0 N–H and O–H groups in total. The van der Waals surface area contributed by atoms with Gasteiger partial charge >= 0.3 is 7.12 Å². The highest BCUT2D eigenvalue weighted by atomic mass is 19.1. The van der Waals surface area contributed by atoms with Gasteiger partial charge in [0.1, 0.15) is 5.82 Å². The van der Waals surface area contributed by atoms with Crippen molar-refractivity contribution in [2.45, 2.75) is 38.9 Å². The van der Waals surface area contributed by atoms with Gasteiger partial charge in [-0.3, -0.25) is 0 Å². The summed E-state index contributed by atoms with van der Waals surface area (Å²) in [5.74, 6) is -0.302. The number of halogens is 1. The molecule has 0 spiro atoms. The van der Waals surface area contributed by atoms with Crippen molar-refractivity contribution in [2.24, 2.45) is 0 Å². The summed E-state index contributed by atoms with van der Waals surface area (Å²) < 4.78 is 29.1. The Labute approximate surface area is 242 Å². The first-order valence-electron chi connectivity index (χ1n) is 14.0. The molecule has 5 aromatic carbocycles. The van der Waals surface area contributed by atoms with Crippen LogP contribution in [-0.2, 0) is 9.31 Å². The summed E-state index contributed by atoms with van der Waals surface area (Å²) in [6.45, 7) is 8.19. The predicted octanol–water partition coefficient (Wildman–Crippen LogP) is 8.93. The second kappa shape index (κ2) is 10.7. The molecule has 6 rings (SSSR count). The van der Waals surface area contributed by atoms with E-state index < -0.39 is 18.3 Å². The molecule has 0 aromatic heterocycles. The maximum absolute atomic E-state index is 16.5. The predicted molar refractivity (Wildman–Crippen MR) is 168 cm³/mol. The lowest BCUT2D eigenvalue weighted by atomic mass is 9.79. The lowest BCUT2D eigenvalue weighted by molar-refractivity contribution is 0.00578. The minimum atomic E-state index is -0.471. The highest BCUT2D eigenvalue weighted by Crippen LogP contribution is 2.44. The van der Waals surface area contributed by atoms with E-state index in [0.717, 1.165) is 39.1 Å². The Kier molecular flexibility index (Phi) is 7.02. The third-order valence-electron chi connectivity index (χ3n) is 8.17. The van der Waals surface area contributed by atoms with Crippen LogP contribution in [0.3, 0.4) is 0 Å².